The van der Waals surface area contributed by atoms with Crippen LogP contribution >= 0.6 is 27.3 Å². The second-order valence-electron chi connectivity index (χ2n) is 8.34. The molecule has 2 amide bonds. The van der Waals surface area contributed by atoms with E-state index < -0.39 is 17.5 Å². The van der Waals surface area contributed by atoms with Gasteiger partial charge in [-0.3, -0.25) is 4.79 Å². The summed E-state index contributed by atoms with van der Waals surface area (Å²) in [6, 6.07) is 7.72. The molecule has 9 heteroatoms. The molecule has 3 rings (SSSR count). The average Bonchev–Trinajstić information content (AvgIpc) is 3.07. The number of alkyl carbamates (subject to hydrolysis) is 1. The van der Waals surface area contributed by atoms with Gasteiger partial charge in [-0.25, -0.2) is 9.18 Å². The quantitative estimate of drug-likeness (QED) is 0.609. The Labute approximate surface area is 193 Å². The van der Waals surface area contributed by atoms with Gasteiger partial charge in [-0.15, -0.1) is 11.3 Å². The number of ether oxygens (including phenoxy) is 1. The van der Waals surface area contributed by atoms with Crippen molar-refractivity contribution in [3.8, 4) is 17.2 Å². The second kappa shape index (κ2) is 9.37. The molecule has 1 atom stereocenters. The third kappa shape index (κ3) is 5.83. The van der Waals surface area contributed by atoms with Crippen LogP contribution in [0.2, 0.25) is 0 Å². The number of benzene rings is 1. The predicted molar refractivity (Wildman–Crippen MR) is 120 cm³/mol. The summed E-state index contributed by atoms with van der Waals surface area (Å²) in [7, 11) is 0. The van der Waals surface area contributed by atoms with Crippen molar-refractivity contribution in [3.05, 3.63) is 44.3 Å². The lowest BCUT2D eigenvalue weighted by Crippen LogP contribution is -2.50. The van der Waals surface area contributed by atoms with Crippen molar-refractivity contribution >= 4 is 39.3 Å². The van der Waals surface area contributed by atoms with Gasteiger partial charge in [0.2, 0.25) is 0 Å². The van der Waals surface area contributed by atoms with Gasteiger partial charge < -0.3 is 15.0 Å². The molecule has 1 aromatic heterocycles. The van der Waals surface area contributed by atoms with Crippen LogP contribution < -0.4 is 5.32 Å². The maximum absolute atomic E-state index is 14.0. The molecule has 1 aliphatic rings. The number of nitriles is 1. The number of carbonyl (C=O) groups is 2. The maximum Gasteiger partial charge on any atom is 0.407 e. The van der Waals surface area contributed by atoms with Crippen molar-refractivity contribution < 1.29 is 18.7 Å². The third-order valence-corrected chi connectivity index (χ3v) is 6.55. The third-order valence-electron chi connectivity index (χ3n) is 4.73. The van der Waals surface area contributed by atoms with Crippen molar-refractivity contribution in [2.45, 2.75) is 45.3 Å². The first-order chi connectivity index (χ1) is 14.6. The van der Waals surface area contributed by atoms with Gasteiger partial charge in [-0.2, -0.15) is 5.26 Å². The van der Waals surface area contributed by atoms with Gasteiger partial charge in [0.1, 0.15) is 17.5 Å². The molecule has 0 aliphatic carbocycles. The zero-order chi connectivity index (χ0) is 22.8. The van der Waals surface area contributed by atoms with Crippen LogP contribution in [-0.4, -0.2) is 41.6 Å². The summed E-state index contributed by atoms with van der Waals surface area (Å²) < 4.78 is 20.0. The minimum absolute atomic E-state index is 0.0248. The predicted octanol–water partition coefficient (Wildman–Crippen LogP) is 5.32. The van der Waals surface area contributed by atoms with E-state index in [4.69, 9.17) is 10.00 Å². The fourth-order valence-corrected chi connectivity index (χ4v) is 5.09. The Balaban J connectivity index is 1.72. The lowest BCUT2D eigenvalue weighted by Gasteiger charge is -2.33. The Bertz CT molecular complexity index is 1040. The van der Waals surface area contributed by atoms with Crippen LogP contribution in [0, 0.1) is 17.1 Å². The van der Waals surface area contributed by atoms with E-state index in [-0.39, 0.29) is 17.5 Å². The minimum Gasteiger partial charge on any atom is -0.444 e. The average molecular weight is 508 g/mol. The van der Waals surface area contributed by atoms with Crippen LogP contribution in [-0.2, 0) is 4.74 Å². The topological polar surface area (TPSA) is 82.4 Å². The molecule has 6 nitrogen and oxygen atoms in total. The molecule has 1 saturated heterocycles. The molecule has 0 unspecified atom stereocenters. The summed E-state index contributed by atoms with van der Waals surface area (Å²) in [5, 5.41) is 11.7. The summed E-state index contributed by atoms with van der Waals surface area (Å²) in [5.41, 5.74) is 0.668. The SMILES string of the molecule is CC(C)(C)OC(=O)N[C@@H]1CCCN(C(=O)c2cc(-c3ccc(C#N)c(F)c3)c(Br)s2)C1. The van der Waals surface area contributed by atoms with E-state index in [1.807, 2.05) is 0 Å². The molecule has 1 fully saturated rings. The fourth-order valence-electron chi connectivity index (χ4n) is 3.35. The molecular weight excluding hydrogens is 485 g/mol. The largest absolute Gasteiger partial charge is 0.444 e. The number of amides is 2. The number of rotatable bonds is 3. The van der Waals surface area contributed by atoms with Crippen LogP contribution in [0.15, 0.2) is 28.1 Å². The normalized spacial score (nSPS) is 16.5. The van der Waals surface area contributed by atoms with Gasteiger partial charge in [-0.1, -0.05) is 6.07 Å². The van der Waals surface area contributed by atoms with Crippen molar-refractivity contribution in [2.75, 3.05) is 13.1 Å². The van der Waals surface area contributed by atoms with Crippen LogP contribution in [0.1, 0.15) is 48.8 Å². The highest BCUT2D eigenvalue weighted by Gasteiger charge is 2.28. The monoisotopic (exact) mass is 507 g/mol. The zero-order valence-corrected chi connectivity index (χ0v) is 19.9. The van der Waals surface area contributed by atoms with Crippen molar-refractivity contribution in [1.82, 2.24) is 10.2 Å². The summed E-state index contributed by atoms with van der Waals surface area (Å²) in [6.07, 6.45) is 1.05. The van der Waals surface area contributed by atoms with Gasteiger partial charge >= 0.3 is 6.09 Å². The van der Waals surface area contributed by atoms with E-state index in [0.717, 1.165) is 12.8 Å². The lowest BCUT2D eigenvalue weighted by molar-refractivity contribution is 0.0453. The molecule has 0 radical (unpaired) electrons. The number of hydrogen-bond acceptors (Lipinski definition) is 5. The van der Waals surface area contributed by atoms with Crippen molar-refractivity contribution in [1.29, 1.82) is 5.26 Å². The fraction of sp³-hybridized carbons (Fsp3) is 0.409. The van der Waals surface area contributed by atoms with Gasteiger partial charge in [0.15, 0.2) is 0 Å². The number of piperidine rings is 1. The van der Waals surface area contributed by atoms with Crippen LogP contribution in [0.3, 0.4) is 0 Å². The first kappa shape index (κ1) is 23.2. The summed E-state index contributed by atoms with van der Waals surface area (Å²) in [6.45, 7) is 6.40. The molecule has 0 bridgehead atoms. The van der Waals surface area contributed by atoms with E-state index in [0.29, 0.717) is 32.9 Å². The van der Waals surface area contributed by atoms with E-state index >= 15 is 0 Å². The van der Waals surface area contributed by atoms with Gasteiger partial charge in [0.25, 0.3) is 5.91 Å². The van der Waals surface area contributed by atoms with Crippen molar-refractivity contribution in [3.63, 3.8) is 0 Å². The number of halogens is 2. The first-order valence-electron chi connectivity index (χ1n) is 9.85. The van der Waals surface area contributed by atoms with Gasteiger partial charge in [0, 0.05) is 24.7 Å². The summed E-state index contributed by atoms with van der Waals surface area (Å²) in [4.78, 5) is 27.4. The molecule has 0 saturated carbocycles. The number of hydrogen-bond donors (Lipinski definition) is 1. The molecule has 31 heavy (non-hydrogen) atoms. The molecular formula is C22H23BrFN3O3S. The Hall–Kier alpha value is -2.44. The van der Waals surface area contributed by atoms with E-state index in [9.17, 15) is 14.0 Å². The summed E-state index contributed by atoms with van der Waals surface area (Å²) >= 11 is 4.74. The van der Waals surface area contributed by atoms with Crippen molar-refractivity contribution in [2.24, 2.45) is 0 Å². The number of nitrogens with zero attached hydrogens (tertiary/aromatic N) is 2. The van der Waals surface area contributed by atoms with Crippen LogP contribution in [0.4, 0.5) is 9.18 Å². The highest BCUT2D eigenvalue weighted by Crippen LogP contribution is 2.37. The number of thiophene rings is 1. The van der Waals surface area contributed by atoms with E-state index in [1.165, 1.54) is 23.5 Å². The Morgan fingerprint density at radius 2 is 2.10 bits per heavy atom. The molecule has 2 aromatic rings. The van der Waals surface area contributed by atoms with E-state index in [2.05, 4.69) is 21.2 Å². The number of likely N-dealkylation sites (tertiary alicyclic amines) is 1. The van der Waals surface area contributed by atoms with Crippen LogP contribution in [0.25, 0.3) is 11.1 Å². The second-order valence-corrected chi connectivity index (χ2v) is 10.7. The molecule has 1 N–H and O–H groups in total. The van der Waals surface area contributed by atoms with E-state index in [1.54, 1.807) is 43.9 Å². The Morgan fingerprint density at radius 1 is 1.35 bits per heavy atom. The molecule has 0 spiro atoms. The van der Waals surface area contributed by atoms with Gasteiger partial charge in [-0.05, 0) is 73.3 Å². The molecule has 1 aliphatic heterocycles. The smallest absolute Gasteiger partial charge is 0.407 e. The molecule has 164 valence electrons. The Kier molecular flexibility index (Phi) is 7.02. The first-order valence-corrected chi connectivity index (χ1v) is 11.5. The number of nitrogens with one attached hydrogen (secondary N) is 1. The Morgan fingerprint density at radius 3 is 2.74 bits per heavy atom. The summed E-state index contributed by atoms with van der Waals surface area (Å²) in [5.74, 6) is -0.736. The zero-order valence-electron chi connectivity index (χ0n) is 17.5. The number of carbonyl (C=O) groups excluding carboxylic acids is 2. The maximum atomic E-state index is 14.0. The van der Waals surface area contributed by atoms with Gasteiger partial charge in [0.05, 0.1) is 14.2 Å². The minimum atomic E-state index is -0.599. The van der Waals surface area contributed by atoms with Crippen LogP contribution in [0.5, 0.6) is 0 Å². The lowest BCUT2D eigenvalue weighted by atomic mass is 10.0. The molecule has 1 aromatic carbocycles. The highest BCUT2D eigenvalue weighted by molar-refractivity contribution is 9.11. The molecule has 2 heterocycles. The standard InChI is InChI=1S/C22H23BrFN3O3S/c1-22(2,3)30-21(29)26-15-5-4-8-27(12-15)20(28)18-10-16(19(23)31-18)13-6-7-14(11-25)17(24)9-13/h6-7,9-10,15H,4-5,8,12H2,1-3H3,(H,26,29)/t15-/m1/s1. The highest BCUT2D eigenvalue weighted by atomic mass is 79.9.